The number of nitro groups is 1. The van der Waals surface area contributed by atoms with Crippen LogP contribution in [0.1, 0.15) is 24.9 Å². The zero-order valence-corrected chi connectivity index (χ0v) is 11.0. The number of nitrogens with zero attached hydrogens (tertiary/aromatic N) is 1. The third-order valence-corrected chi connectivity index (χ3v) is 3.08. The molecule has 1 N–H and O–H groups in total. The van der Waals surface area contributed by atoms with E-state index in [0.29, 0.717) is 5.69 Å². The summed E-state index contributed by atoms with van der Waals surface area (Å²) in [6.07, 6.45) is 0.786. The molecule has 0 amide bonds. The Hall–Kier alpha value is -2.43. The van der Waals surface area contributed by atoms with Crippen LogP contribution >= 0.6 is 0 Å². The molecular formula is C15H15FN2O2. The number of nitro benzene ring substituents is 1. The highest BCUT2D eigenvalue weighted by molar-refractivity contribution is 5.52. The first kappa shape index (κ1) is 14.0. The number of nitrogens with one attached hydrogen (secondary N) is 1. The molecule has 2 aromatic carbocycles. The molecule has 1 unspecified atom stereocenters. The van der Waals surface area contributed by atoms with Crippen LogP contribution in [-0.2, 0) is 0 Å². The summed E-state index contributed by atoms with van der Waals surface area (Å²) in [6.45, 7) is 2.00. The van der Waals surface area contributed by atoms with Gasteiger partial charge in [-0.3, -0.25) is 10.1 Å². The van der Waals surface area contributed by atoms with Gasteiger partial charge in [-0.05, 0) is 30.2 Å². The SMILES string of the molecule is CCC(Nc1cccc([N+](=O)[O-])c1)c1ccc(F)cc1. The minimum Gasteiger partial charge on any atom is -0.378 e. The predicted molar refractivity (Wildman–Crippen MR) is 76.2 cm³/mol. The van der Waals surface area contributed by atoms with Crippen LogP contribution in [0.25, 0.3) is 0 Å². The van der Waals surface area contributed by atoms with Gasteiger partial charge in [0.15, 0.2) is 0 Å². The fourth-order valence-corrected chi connectivity index (χ4v) is 2.03. The Labute approximate surface area is 116 Å². The van der Waals surface area contributed by atoms with Crippen LogP contribution in [0, 0.1) is 15.9 Å². The second-order valence-corrected chi connectivity index (χ2v) is 4.46. The molecule has 0 aliphatic heterocycles. The summed E-state index contributed by atoms with van der Waals surface area (Å²) in [4.78, 5) is 10.3. The maximum atomic E-state index is 12.9. The van der Waals surface area contributed by atoms with Gasteiger partial charge in [0.25, 0.3) is 5.69 Å². The van der Waals surface area contributed by atoms with Gasteiger partial charge in [-0.15, -0.1) is 0 Å². The molecule has 0 aliphatic rings. The van der Waals surface area contributed by atoms with Crippen molar-refractivity contribution in [1.29, 1.82) is 0 Å². The van der Waals surface area contributed by atoms with E-state index in [2.05, 4.69) is 5.32 Å². The highest BCUT2D eigenvalue weighted by atomic mass is 19.1. The Bertz CT molecular complexity index is 599. The molecule has 0 radical (unpaired) electrons. The number of anilines is 1. The van der Waals surface area contributed by atoms with Gasteiger partial charge in [0.2, 0.25) is 0 Å². The summed E-state index contributed by atoms with van der Waals surface area (Å²) in [6, 6.07) is 12.6. The van der Waals surface area contributed by atoms with Crippen molar-refractivity contribution in [1.82, 2.24) is 0 Å². The Kier molecular flexibility index (Phi) is 4.30. The molecule has 2 aromatic rings. The van der Waals surface area contributed by atoms with E-state index < -0.39 is 4.92 Å². The fraction of sp³-hybridized carbons (Fsp3) is 0.200. The molecule has 1 atom stereocenters. The number of non-ortho nitro benzene ring substituents is 1. The fourth-order valence-electron chi connectivity index (χ4n) is 2.03. The Balaban J connectivity index is 2.19. The van der Waals surface area contributed by atoms with Gasteiger partial charge in [-0.25, -0.2) is 4.39 Å². The molecule has 0 spiro atoms. The van der Waals surface area contributed by atoms with Crippen molar-refractivity contribution < 1.29 is 9.31 Å². The van der Waals surface area contributed by atoms with Crippen molar-refractivity contribution in [2.75, 3.05) is 5.32 Å². The first-order valence-electron chi connectivity index (χ1n) is 6.36. The van der Waals surface area contributed by atoms with Crippen LogP contribution in [0.4, 0.5) is 15.8 Å². The lowest BCUT2D eigenvalue weighted by Crippen LogP contribution is -2.09. The summed E-state index contributed by atoms with van der Waals surface area (Å²) in [5.41, 5.74) is 1.67. The van der Waals surface area contributed by atoms with Crippen molar-refractivity contribution >= 4 is 11.4 Å². The van der Waals surface area contributed by atoms with Crippen LogP contribution in [-0.4, -0.2) is 4.92 Å². The van der Waals surface area contributed by atoms with Gasteiger partial charge >= 0.3 is 0 Å². The monoisotopic (exact) mass is 274 g/mol. The lowest BCUT2D eigenvalue weighted by molar-refractivity contribution is -0.384. The van der Waals surface area contributed by atoms with Crippen molar-refractivity contribution in [2.45, 2.75) is 19.4 Å². The van der Waals surface area contributed by atoms with E-state index in [1.54, 1.807) is 24.3 Å². The van der Waals surface area contributed by atoms with Crippen LogP contribution in [0.2, 0.25) is 0 Å². The zero-order valence-electron chi connectivity index (χ0n) is 11.0. The van der Waals surface area contributed by atoms with E-state index in [4.69, 9.17) is 0 Å². The van der Waals surface area contributed by atoms with E-state index in [1.165, 1.54) is 24.3 Å². The van der Waals surface area contributed by atoms with Crippen molar-refractivity contribution in [3.8, 4) is 0 Å². The topological polar surface area (TPSA) is 55.2 Å². The van der Waals surface area contributed by atoms with E-state index in [9.17, 15) is 14.5 Å². The standard InChI is InChI=1S/C15H15FN2O2/c1-2-15(11-6-8-12(16)9-7-11)17-13-4-3-5-14(10-13)18(19)20/h3-10,15,17H,2H2,1H3. The van der Waals surface area contributed by atoms with E-state index in [1.807, 2.05) is 6.92 Å². The maximum Gasteiger partial charge on any atom is 0.271 e. The van der Waals surface area contributed by atoms with Crippen LogP contribution < -0.4 is 5.32 Å². The molecule has 0 heterocycles. The van der Waals surface area contributed by atoms with Gasteiger partial charge in [-0.2, -0.15) is 0 Å². The number of rotatable bonds is 5. The van der Waals surface area contributed by atoms with E-state index >= 15 is 0 Å². The summed E-state index contributed by atoms with van der Waals surface area (Å²) < 4.78 is 12.9. The minimum atomic E-state index is -0.427. The first-order valence-corrected chi connectivity index (χ1v) is 6.36. The molecular weight excluding hydrogens is 259 g/mol. The summed E-state index contributed by atoms with van der Waals surface area (Å²) in [7, 11) is 0. The molecule has 20 heavy (non-hydrogen) atoms. The summed E-state index contributed by atoms with van der Waals surface area (Å²) in [5, 5.41) is 14.0. The Morgan fingerprint density at radius 2 is 1.95 bits per heavy atom. The van der Waals surface area contributed by atoms with Crippen LogP contribution in [0.15, 0.2) is 48.5 Å². The van der Waals surface area contributed by atoms with Crippen LogP contribution in [0.3, 0.4) is 0 Å². The second kappa shape index (κ2) is 6.14. The third kappa shape index (κ3) is 3.32. The minimum absolute atomic E-state index is 0.0161. The lowest BCUT2D eigenvalue weighted by atomic mass is 10.0. The van der Waals surface area contributed by atoms with E-state index in [-0.39, 0.29) is 17.5 Å². The lowest BCUT2D eigenvalue weighted by Gasteiger charge is -2.18. The largest absolute Gasteiger partial charge is 0.378 e. The Morgan fingerprint density at radius 1 is 1.25 bits per heavy atom. The van der Waals surface area contributed by atoms with Gasteiger partial charge in [0, 0.05) is 17.8 Å². The molecule has 0 aromatic heterocycles. The van der Waals surface area contributed by atoms with Gasteiger partial charge in [0.05, 0.1) is 11.0 Å². The predicted octanol–water partition coefficient (Wildman–Crippen LogP) is 4.30. The first-order chi connectivity index (χ1) is 9.60. The summed E-state index contributed by atoms with van der Waals surface area (Å²) in [5.74, 6) is -0.279. The molecule has 0 aliphatic carbocycles. The van der Waals surface area contributed by atoms with Gasteiger partial charge in [-0.1, -0.05) is 25.1 Å². The third-order valence-electron chi connectivity index (χ3n) is 3.08. The maximum absolute atomic E-state index is 12.9. The van der Waals surface area contributed by atoms with E-state index in [0.717, 1.165) is 12.0 Å². The highest BCUT2D eigenvalue weighted by Crippen LogP contribution is 2.25. The normalized spacial score (nSPS) is 11.9. The molecule has 2 rings (SSSR count). The quantitative estimate of drug-likeness (QED) is 0.653. The van der Waals surface area contributed by atoms with Crippen molar-refractivity contribution in [3.05, 3.63) is 70.0 Å². The van der Waals surface area contributed by atoms with Gasteiger partial charge < -0.3 is 5.32 Å². The highest BCUT2D eigenvalue weighted by Gasteiger charge is 2.11. The van der Waals surface area contributed by atoms with Crippen molar-refractivity contribution in [2.24, 2.45) is 0 Å². The van der Waals surface area contributed by atoms with Gasteiger partial charge in [0.1, 0.15) is 5.82 Å². The molecule has 4 nitrogen and oxygen atoms in total. The average Bonchev–Trinajstić information content (AvgIpc) is 2.46. The number of benzene rings is 2. The van der Waals surface area contributed by atoms with Crippen molar-refractivity contribution in [3.63, 3.8) is 0 Å². The molecule has 0 fully saturated rings. The van der Waals surface area contributed by atoms with Crippen LogP contribution in [0.5, 0.6) is 0 Å². The number of hydrogen-bond donors (Lipinski definition) is 1. The number of hydrogen-bond acceptors (Lipinski definition) is 3. The molecule has 5 heteroatoms. The molecule has 0 bridgehead atoms. The smallest absolute Gasteiger partial charge is 0.271 e. The number of halogens is 1. The zero-order chi connectivity index (χ0) is 14.5. The summed E-state index contributed by atoms with van der Waals surface area (Å²) >= 11 is 0. The molecule has 0 saturated carbocycles. The Morgan fingerprint density at radius 3 is 2.55 bits per heavy atom. The second-order valence-electron chi connectivity index (χ2n) is 4.46. The molecule has 0 saturated heterocycles. The average molecular weight is 274 g/mol. The molecule has 104 valence electrons.